The van der Waals surface area contributed by atoms with Crippen molar-refractivity contribution in [1.29, 1.82) is 0 Å². The summed E-state index contributed by atoms with van der Waals surface area (Å²) in [5.74, 6) is -1.41. The number of amides is 2. The summed E-state index contributed by atoms with van der Waals surface area (Å²) < 4.78 is 28.0. The Balaban J connectivity index is 2.36. The van der Waals surface area contributed by atoms with Crippen molar-refractivity contribution in [3.63, 3.8) is 0 Å². The minimum Gasteiger partial charge on any atom is -0.479 e. The van der Waals surface area contributed by atoms with Crippen molar-refractivity contribution < 1.29 is 33.3 Å². The number of nitrogens with one attached hydrogen (secondary N) is 2. The van der Waals surface area contributed by atoms with Crippen LogP contribution in [0.4, 0.5) is 19.3 Å². The number of urea groups is 1. The van der Waals surface area contributed by atoms with E-state index in [4.69, 9.17) is 10.2 Å². The highest BCUT2D eigenvalue weighted by Crippen LogP contribution is 2.17. The van der Waals surface area contributed by atoms with Crippen LogP contribution in [0.5, 0.6) is 5.75 Å². The zero-order valence-corrected chi connectivity index (χ0v) is 10.8. The molecule has 4 N–H and O–H groups in total. The largest absolute Gasteiger partial charge is 0.479 e. The summed E-state index contributed by atoms with van der Waals surface area (Å²) in [6, 6.07) is 4.63. The lowest BCUT2D eigenvalue weighted by atomic mass is 10.2. The van der Waals surface area contributed by atoms with E-state index in [0.29, 0.717) is 5.69 Å². The monoisotopic (exact) mass is 304 g/mol. The van der Waals surface area contributed by atoms with Crippen molar-refractivity contribution >= 4 is 17.7 Å². The number of rotatable bonds is 7. The first-order valence-corrected chi connectivity index (χ1v) is 5.89. The molecule has 1 rings (SSSR count). The maximum atomic E-state index is 11.9. The molecule has 0 fully saturated rings. The number of carboxylic acid groups (broad SMARTS) is 1. The Morgan fingerprint density at radius 1 is 1.24 bits per heavy atom. The number of aliphatic carboxylic acids is 1. The van der Waals surface area contributed by atoms with Gasteiger partial charge in [0.1, 0.15) is 5.75 Å². The van der Waals surface area contributed by atoms with Gasteiger partial charge in [0.2, 0.25) is 0 Å². The number of alkyl halides is 2. The second-order valence-electron chi connectivity index (χ2n) is 3.93. The van der Waals surface area contributed by atoms with E-state index in [0.717, 1.165) is 0 Å². The predicted molar refractivity (Wildman–Crippen MR) is 68.4 cm³/mol. The van der Waals surface area contributed by atoms with Crippen LogP contribution in [-0.4, -0.2) is 41.5 Å². The molecule has 1 unspecified atom stereocenters. The molecule has 0 aliphatic rings. The van der Waals surface area contributed by atoms with Crippen molar-refractivity contribution in [1.82, 2.24) is 5.32 Å². The number of aliphatic hydroxyl groups is 1. The third kappa shape index (κ3) is 6.52. The van der Waals surface area contributed by atoms with E-state index >= 15 is 0 Å². The van der Waals surface area contributed by atoms with Crippen molar-refractivity contribution in [3.8, 4) is 5.75 Å². The molecule has 0 spiro atoms. The van der Waals surface area contributed by atoms with Crippen LogP contribution < -0.4 is 15.4 Å². The predicted octanol–water partition coefficient (Wildman–Crippen LogP) is 1.25. The van der Waals surface area contributed by atoms with Crippen LogP contribution in [0.15, 0.2) is 24.3 Å². The van der Waals surface area contributed by atoms with E-state index in [2.05, 4.69) is 15.4 Å². The first kappa shape index (κ1) is 16.6. The van der Waals surface area contributed by atoms with E-state index in [9.17, 15) is 18.4 Å². The van der Waals surface area contributed by atoms with E-state index in [1.54, 1.807) is 0 Å². The molecule has 7 nitrogen and oxygen atoms in total. The lowest BCUT2D eigenvalue weighted by molar-refractivity contribution is -0.146. The highest BCUT2D eigenvalue weighted by molar-refractivity contribution is 5.89. The molecule has 0 aliphatic carbocycles. The fourth-order valence-corrected chi connectivity index (χ4v) is 1.34. The number of anilines is 1. The second-order valence-corrected chi connectivity index (χ2v) is 3.93. The van der Waals surface area contributed by atoms with Gasteiger partial charge in [-0.25, -0.2) is 9.59 Å². The molecule has 1 aromatic rings. The molecule has 0 saturated carbocycles. The number of carbonyl (C=O) groups is 2. The highest BCUT2D eigenvalue weighted by Gasteiger charge is 2.12. The Kier molecular flexibility index (Phi) is 6.34. The fraction of sp³-hybridized carbons (Fsp3) is 0.333. The number of carbonyl (C=O) groups excluding carboxylic acids is 1. The zero-order valence-electron chi connectivity index (χ0n) is 10.8. The first-order chi connectivity index (χ1) is 9.88. The smallest absolute Gasteiger partial charge is 0.387 e. The number of carboxylic acids is 1. The van der Waals surface area contributed by atoms with Gasteiger partial charge in [0, 0.05) is 18.7 Å². The van der Waals surface area contributed by atoms with Gasteiger partial charge in [-0.3, -0.25) is 0 Å². The molecule has 0 aliphatic heterocycles. The van der Waals surface area contributed by atoms with Gasteiger partial charge >= 0.3 is 18.6 Å². The molecule has 1 atom stereocenters. The Labute approximate surface area is 118 Å². The third-order valence-electron chi connectivity index (χ3n) is 2.33. The molecular weight excluding hydrogens is 290 g/mol. The van der Waals surface area contributed by atoms with Gasteiger partial charge < -0.3 is 25.6 Å². The summed E-state index contributed by atoms with van der Waals surface area (Å²) in [6.07, 6.45) is -1.68. The lowest BCUT2D eigenvalue weighted by Gasteiger charge is -2.09. The lowest BCUT2D eigenvalue weighted by Crippen LogP contribution is -2.33. The minimum atomic E-state index is -2.92. The van der Waals surface area contributed by atoms with Gasteiger partial charge in [-0.15, -0.1) is 0 Å². The van der Waals surface area contributed by atoms with Crippen LogP contribution in [-0.2, 0) is 4.79 Å². The molecule has 0 radical (unpaired) electrons. The Morgan fingerprint density at radius 3 is 2.38 bits per heavy atom. The zero-order chi connectivity index (χ0) is 15.8. The molecule has 0 saturated heterocycles. The fourth-order valence-electron chi connectivity index (χ4n) is 1.34. The van der Waals surface area contributed by atoms with Gasteiger partial charge in [0.05, 0.1) is 0 Å². The average molecular weight is 304 g/mol. The van der Waals surface area contributed by atoms with E-state index in [1.807, 2.05) is 0 Å². The molecule has 116 valence electrons. The second kappa shape index (κ2) is 8.00. The SMILES string of the molecule is O=C(NCCC(O)C(=O)O)Nc1ccc(OC(F)F)cc1. The number of hydrogen-bond donors (Lipinski definition) is 4. The van der Waals surface area contributed by atoms with E-state index < -0.39 is 24.7 Å². The van der Waals surface area contributed by atoms with Crippen molar-refractivity contribution in [2.45, 2.75) is 19.1 Å². The number of hydrogen-bond acceptors (Lipinski definition) is 4. The van der Waals surface area contributed by atoms with Crippen LogP contribution in [0, 0.1) is 0 Å². The normalized spacial score (nSPS) is 11.8. The van der Waals surface area contributed by atoms with Crippen LogP contribution in [0.25, 0.3) is 0 Å². The molecule has 21 heavy (non-hydrogen) atoms. The summed E-state index contributed by atoms with van der Waals surface area (Å²) in [5.41, 5.74) is 0.341. The molecule has 0 heterocycles. The number of halogens is 2. The Bertz CT molecular complexity index is 481. The van der Waals surface area contributed by atoms with Gasteiger partial charge in [0.25, 0.3) is 0 Å². The Hall–Kier alpha value is -2.42. The van der Waals surface area contributed by atoms with Crippen molar-refractivity contribution in [2.24, 2.45) is 0 Å². The molecule has 9 heteroatoms. The van der Waals surface area contributed by atoms with Gasteiger partial charge in [0.15, 0.2) is 6.10 Å². The number of aliphatic hydroxyl groups excluding tert-OH is 1. The van der Waals surface area contributed by atoms with Crippen molar-refractivity contribution in [2.75, 3.05) is 11.9 Å². The van der Waals surface area contributed by atoms with Gasteiger partial charge in [-0.05, 0) is 24.3 Å². The molecule has 0 bridgehead atoms. The topological polar surface area (TPSA) is 108 Å². The molecule has 2 amide bonds. The summed E-state index contributed by atoms with van der Waals surface area (Å²) >= 11 is 0. The quantitative estimate of drug-likeness (QED) is 0.606. The standard InChI is InChI=1S/C12H14F2N2O5/c13-11(14)21-8-3-1-7(2-4-8)16-12(20)15-6-5-9(17)10(18)19/h1-4,9,11,17H,5-6H2,(H,18,19)(H2,15,16,20). The van der Waals surface area contributed by atoms with E-state index in [-0.39, 0.29) is 18.7 Å². The van der Waals surface area contributed by atoms with Crippen LogP contribution >= 0.6 is 0 Å². The number of benzene rings is 1. The Morgan fingerprint density at radius 2 is 1.86 bits per heavy atom. The molecule has 0 aromatic heterocycles. The summed E-state index contributed by atoms with van der Waals surface area (Å²) in [6.45, 7) is -2.96. The van der Waals surface area contributed by atoms with Gasteiger partial charge in [-0.2, -0.15) is 8.78 Å². The van der Waals surface area contributed by atoms with Crippen molar-refractivity contribution in [3.05, 3.63) is 24.3 Å². The maximum Gasteiger partial charge on any atom is 0.387 e. The molecular formula is C12H14F2N2O5. The van der Waals surface area contributed by atoms with Crippen LogP contribution in [0.2, 0.25) is 0 Å². The maximum absolute atomic E-state index is 11.9. The number of ether oxygens (including phenoxy) is 1. The summed E-state index contributed by atoms with van der Waals surface area (Å²) in [5, 5.41) is 22.2. The first-order valence-electron chi connectivity index (χ1n) is 5.89. The summed E-state index contributed by atoms with van der Waals surface area (Å²) in [7, 11) is 0. The van der Waals surface area contributed by atoms with Gasteiger partial charge in [-0.1, -0.05) is 0 Å². The average Bonchev–Trinajstić information content (AvgIpc) is 2.40. The van der Waals surface area contributed by atoms with Crippen LogP contribution in [0.1, 0.15) is 6.42 Å². The third-order valence-corrected chi connectivity index (χ3v) is 2.33. The molecule has 1 aromatic carbocycles. The highest BCUT2D eigenvalue weighted by atomic mass is 19.3. The summed E-state index contributed by atoms with van der Waals surface area (Å²) in [4.78, 5) is 21.8. The van der Waals surface area contributed by atoms with Crippen LogP contribution in [0.3, 0.4) is 0 Å². The van der Waals surface area contributed by atoms with E-state index in [1.165, 1.54) is 24.3 Å². The minimum absolute atomic E-state index is 0.0358.